The molecule has 2 aliphatic rings. The highest BCUT2D eigenvalue weighted by molar-refractivity contribution is 5.67. The maximum absolute atomic E-state index is 10.9. The van der Waals surface area contributed by atoms with Crippen LogP contribution in [0.5, 0.6) is 0 Å². The summed E-state index contributed by atoms with van der Waals surface area (Å²) in [5.74, 6) is -0.287. The molecule has 1 aromatic heterocycles. The Hall–Kier alpha value is -1.36. The van der Waals surface area contributed by atoms with Crippen molar-refractivity contribution in [1.82, 2.24) is 14.7 Å². The first-order valence-corrected chi connectivity index (χ1v) is 7.52. The van der Waals surface area contributed by atoms with Gasteiger partial charge in [-0.15, -0.1) is 0 Å². The largest absolute Gasteiger partial charge is 0.481 e. The Bertz CT molecular complexity index is 485. The molecule has 0 radical (unpaired) electrons. The third-order valence-electron chi connectivity index (χ3n) is 5.00. The van der Waals surface area contributed by atoms with Crippen molar-refractivity contribution < 1.29 is 9.90 Å². The molecule has 5 heteroatoms. The highest BCUT2D eigenvalue weighted by Crippen LogP contribution is 2.44. The molecule has 2 bridgehead atoms. The fourth-order valence-corrected chi connectivity index (χ4v) is 4.20. The van der Waals surface area contributed by atoms with Crippen molar-refractivity contribution in [1.29, 1.82) is 0 Å². The van der Waals surface area contributed by atoms with Crippen LogP contribution >= 0.6 is 0 Å². The topological polar surface area (TPSA) is 58.4 Å². The number of carboxylic acid groups (broad SMARTS) is 1. The van der Waals surface area contributed by atoms with Gasteiger partial charge in [-0.25, -0.2) is 0 Å². The van der Waals surface area contributed by atoms with Crippen molar-refractivity contribution >= 4 is 5.97 Å². The minimum atomic E-state index is -0.650. The van der Waals surface area contributed by atoms with E-state index in [0.29, 0.717) is 30.5 Å². The number of rotatable bonds is 4. The van der Waals surface area contributed by atoms with Gasteiger partial charge in [0.05, 0.1) is 6.20 Å². The molecule has 3 heterocycles. The summed E-state index contributed by atoms with van der Waals surface area (Å²) < 4.78 is 1.85. The zero-order chi connectivity index (χ0) is 14.3. The fourth-order valence-electron chi connectivity index (χ4n) is 4.20. The third-order valence-corrected chi connectivity index (χ3v) is 5.00. The van der Waals surface area contributed by atoms with Gasteiger partial charge >= 0.3 is 5.97 Å². The normalized spacial score (nSPS) is 31.4. The lowest BCUT2D eigenvalue weighted by Gasteiger charge is -2.42. The van der Waals surface area contributed by atoms with Crippen LogP contribution in [0, 0.1) is 5.92 Å². The van der Waals surface area contributed by atoms with Crippen molar-refractivity contribution in [2.45, 2.75) is 57.2 Å². The minimum Gasteiger partial charge on any atom is -0.481 e. The molecule has 3 atom stereocenters. The van der Waals surface area contributed by atoms with Crippen molar-refractivity contribution in [3.05, 3.63) is 18.0 Å². The maximum Gasteiger partial charge on any atom is 0.303 e. The van der Waals surface area contributed by atoms with Crippen LogP contribution in [-0.4, -0.2) is 37.8 Å². The Kier molecular flexibility index (Phi) is 3.54. The molecule has 0 aromatic carbocycles. The molecule has 1 aromatic rings. The van der Waals surface area contributed by atoms with Gasteiger partial charge in [0.2, 0.25) is 0 Å². The van der Waals surface area contributed by atoms with Gasteiger partial charge in [0.25, 0.3) is 0 Å². The van der Waals surface area contributed by atoms with Crippen LogP contribution in [0.3, 0.4) is 0 Å². The summed E-state index contributed by atoms with van der Waals surface area (Å²) in [6.45, 7) is 2.25. The Morgan fingerprint density at radius 3 is 2.60 bits per heavy atom. The Morgan fingerprint density at radius 2 is 2.10 bits per heavy atom. The van der Waals surface area contributed by atoms with Gasteiger partial charge in [-0.05, 0) is 38.5 Å². The molecule has 3 rings (SSSR count). The molecular formula is C15H23N3O2. The lowest BCUT2D eigenvalue weighted by Crippen LogP contribution is -2.44. The molecule has 20 heavy (non-hydrogen) atoms. The Labute approximate surface area is 119 Å². The Morgan fingerprint density at radius 1 is 1.45 bits per heavy atom. The number of hydrogen-bond acceptors (Lipinski definition) is 3. The van der Waals surface area contributed by atoms with Gasteiger partial charge in [-0.1, -0.05) is 0 Å². The molecular weight excluding hydrogens is 254 g/mol. The van der Waals surface area contributed by atoms with E-state index in [1.165, 1.54) is 18.4 Å². The number of nitrogens with zero attached hydrogens (tertiary/aromatic N) is 3. The van der Waals surface area contributed by atoms with E-state index in [1.807, 2.05) is 17.9 Å². The lowest BCUT2D eigenvalue weighted by atomic mass is 9.87. The molecule has 0 amide bonds. The average Bonchev–Trinajstić information content (AvgIpc) is 2.91. The first-order chi connectivity index (χ1) is 9.54. The minimum absolute atomic E-state index is 0.335. The lowest BCUT2D eigenvalue weighted by molar-refractivity contribution is -0.138. The van der Waals surface area contributed by atoms with Crippen LogP contribution in [0.2, 0.25) is 0 Å². The number of hydrogen-bond donors (Lipinski definition) is 1. The molecule has 3 unspecified atom stereocenters. The van der Waals surface area contributed by atoms with Crippen LogP contribution < -0.4 is 0 Å². The molecule has 0 saturated carbocycles. The van der Waals surface area contributed by atoms with Gasteiger partial charge in [0.15, 0.2) is 0 Å². The average molecular weight is 277 g/mol. The number of carboxylic acids is 1. The zero-order valence-electron chi connectivity index (χ0n) is 12.2. The van der Waals surface area contributed by atoms with E-state index < -0.39 is 5.97 Å². The van der Waals surface area contributed by atoms with Gasteiger partial charge < -0.3 is 5.11 Å². The predicted octanol–water partition coefficient (Wildman–Crippen LogP) is 2.20. The van der Waals surface area contributed by atoms with Crippen LogP contribution in [0.1, 0.15) is 50.6 Å². The first-order valence-electron chi connectivity index (χ1n) is 7.52. The van der Waals surface area contributed by atoms with Crippen molar-refractivity contribution in [2.75, 3.05) is 0 Å². The molecule has 2 aliphatic heterocycles. The van der Waals surface area contributed by atoms with E-state index in [1.54, 1.807) is 0 Å². The summed E-state index contributed by atoms with van der Waals surface area (Å²) in [7, 11) is 1.95. The third kappa shape index (κ3) is 2.46. The summed E-state index contributed by atoms with van der Waals surface area (Å²) >= 11 is 0. The standard InChI is InChI=1S/C15H23N3O2/c1-10(12-8-16-17(2)9-12)18-13-3-4-14(18)6-11(5-13)7-15(19)20/h8-11,13-14H,3-7H2,1-2H3,(H,19,20). The van der Waals surface area contributed by atoms with E-state index in [0.717, 1.165) is 12.8 Å². The number of piperidine rings is 1. The second kappa shape index (κ2) is 5.20. The number of carbonyl (C=O) groups is 1. The smallest absolute Gasteiger partial charge is 0.303 e. The zero-order valence-corrected chi connectivity index (χ0v) is 12.2. The van der Waals surface area contributed by atoms with Gasteiger partial charge in [-0.2, -0.15) is 5.10 Å². The Balaban J connectivity index is 1.72. The first kappa shape index (κ1) is 13.6. The predicted molar refractivity (Wildman–Crippen MR) is 75.2 cm³/mol. The van der Waals surface area contributed by atoms with Crippen LogP contribution in [0.25, 0.3) is 0 Å². The van der Waals surface area contributed by atoms with E-state index in [4.69, 9.17) is 5.11 Å². The second-order valence-corrected chi connectivity index (χ2v) is 6.39. The van der Waals surface area contributed by atoms with Crippen molar-refractivity contribution in [2.24, 2.45) is 13.0 Å². The monoisotopic (exact) mass is 277 g/mol. The summed E-state index contributed by atoms with van der Waals surface area (Å²) in [5.41, 5.74) is 1.26. The molecule has 2 saturated heterocycles. The van der Waals surface area contributed by atoms with Crippen molar-refractivity contribution in [3.63, 3.8) is 0 Å². The highest BCUT2D eigenvalue weighted by Gasteiger charge is 2.43. The molecule has 5 nitrogen and oxygen atoms in total. The molecule has 1 N–H and O–H groups in total. The number of fused-ring (bicyclic) bond motifs is 2. The van der Waals surface area contributed by atoms with Crippen LogP contribution in [-0.2, 0) is 11.8 Å². The van der Waals surface area contributed by atoms with Gasteiger partial charge in [0, 0.05) is 43.4 Å². The van der Waals surface area contributed by atoms with Crippen molar-refractivity contribution in [3.8, 4) is 0 Å². The van der Waals surface area contributed by atoms with Crippen LogP contribution in [0.15, 0.2) is 12.4 Å². The quantitative estimate of drug-likeness (QED) is 0.916. The summed E-state index contributed by atoms with van der Waals surface area (Å²) in [4.78, 5) is 13.5. The van der Waals surface area contributed by atoms with Crippen LogP contribution in [0.4, 0.5) is 0 Å². The molecule has 0 spiro atoms. The van der Waals surface area contributed by atoms with E-state index >= 15 is 0 Å². The van der Waals surface area contributed by atoms with E-state index in [2.05, 4.69) is 23.1 Å². The van der Waals surface area contributed by atoms with Gasteiger partial charge in [0.1, 0.15) is 0 Å². The molecule has 2 fully saturated rings. The maximum atomic E-state index is 10.9. The second-order valence-electron chi connectivity index (χ2n) is 6.39. The van der Waals surface area contributed by atoms with E-state index in [-0.39, 0.29) is 0 Å². The van der Waals surface area contributed by atoms with E-state index in [9.17, 15) is 4.79 Å². The SMILES string of the molecule is CC(c1cnn(C)c1)N1C2CCC1CC(CC(=O)O)C2. The number of aryl methyl sites for hydroxylation is 1. The molecule has 110 valence electrons. The molecule has 0 aliphatic carbocycles. The summed E-state index contributed by atoms with van der Waals surface area (Å²) in [6, 6.07) is 1.48. The highest BCUT2D eigenvalue weighted by atomic mass is 16.4. The number of aliphatic carboxylic acids is 1. The summed E-state index contributed by atoms with van der Waals surface area (Å²) in [5, 5.41) is 13.3. The fraction of sp³-hybridized carbons (Fsp3) is 0.733. The van der Waals surface area contributed by atoms with Gasteiger partial charge in [-0.3, -0.25) is 14.4 Å². The number of aromatic nitrogens is 2. The summed E-state index contributed by atoms with van der Waals surface area (Å²) in [6.07, 6.45) is 8.88.